The van der Waals surface area contributed by atoms with Crippen LogP contribution in [-0.2, 0) is 32.2 Å². The van der Waals surface area contributed by atoms with Crippen molar-refractivity contribution in [3.8, 4) is 0 Å². The van der Waals surface area contributed by atoms with Gasteiger partial charge in [0, 0.05) is 13.0 Å². The highest BCUT2D eigenvalue weighted by Gasteiger charge is 2.15. The van der Waals surface area contributed by atoms with Crippen molar-refractivity contribution in [2.24, 2.45) is 0 Å². The fourth-order valence-electron chi connectivity index (χ4n) is 2.35. The Balaban J connectivity index is 1.79. The Morgan fingerprint density at radius 3 is 2.65 bits per heavy atom. The Labute approximate surface area is 152 Å². The number of carbonyl (C=O) groups excluding carboxylic acids is 2. The molecule has 7 heteroatoms. The first-order chi connectivity index (χ1) is 12.6. The van der Waals surface area contributed by atoms with Crippen molar-refractivity contribution < 1.29 is 23.8 Å². The number of carbonyl (C=O) groups is 2. The maximum absolute atomic E-state index is 12.3. The molecule has 0 fully saturated rings. The summed E-state index contributed by atoms with van der Waals surface area (Å²) in [4.78, 5) is 23.3. The van der Waals surface area contributed by atoms with E-state index in [9.17, 15) is 9.59 Å². The number of rotatable bonds is 10. The zero-order chi connectivity index (χ0) is 18.8. The number of nitrogens with zero attached hydrogens (tertiary/aromatic N) is 2. The molecule has 0 bridgehead atoms. The molecule has 0 saturated heterocycles. The molecule has 0 unspecified atom stereocenters. The normalized spacial score (nSPS) is 10.5. The van der Waals surface area contributed by atoms with E-state index in [1.165, 1.54) is 7.11 Å². The molecule has 26 heavy (non-hydrogen) atoms. The fourth-order valence-corrected chi connectivity index (χ4v) is 2.35. The average molecular weight is 360 g/mol. The molecule has 0 N–H and O–H groups in total. The number of hydrogen-bond donors (Lipinski definition) is 0. The van der Waals surface area contributed by atoms with Gasteiger partial charge in [0.2, 0.25) is 0 Å². The van der Waals surface area contributed by atoms with Gasteiger partial charge in [-0.2, -0.15) is 5.10 Å². The van der Waals surface area contributed by atoms with E-state index in [4.69, 9.17) is 9.47 Å². The molecule has 7 nitrogen and oxygen atoms in total. The van der Waals surface area contributed by atoms with Gasteiger partial charge < -0.3 is 14.2 Å². The largest absolute Gasteiger partial charge is 0.469 e. The van der Waals surface area contributed by atoms with Crippen molar-refractivity contribution in [2.45, 2.75) is 32.9 Å². The second-order valence-corrected chi connectivity index (χ2v) is 5.75. The van der Waals surface area contributed by atoms with E-state index in [1.807, 2.05) is 37.3 Å². The van der Waals surface area contributed by atoms with Gasteiger partial charge in [-0.15, -0.1) is 0 Å². The molecule has 0 aliphatic rings. The number of methoxy groups -OCH3 is 1. The van der Waals surface area contributed by atoms with Crippen molar-refractivity contribution in [3.63, 3.8) is 0 Å². The molecule has 0 spiro atoms. The van der Waals surface area contributed by atoms with Crippen LogP contribution in [0.1, 0.15) is 34.6 Å². The lowest BCUT2D eigenvalue weighted by Gasteiger charge is -2.09. The summed E-state index contributed by atoms with van der Waals surface area (Å²) < 4.78 is 17.0. The lowest BCUT2D eigenvalue weighted by atomic mass is 10.2. The number of esters is 2. The standard InChI is InChI=1S/C19H24N2O5/c1-15-13-17(19(23)26-14-16-7-4-3-5-8-16)21(20-15)10-12-25-11-6-9-18(22)24-2/h3-5,7-8,13H,6,9-12,14H2,1-2H3. The van der Waals surface area contributed by atoms with Gasteiger partial charge in [-0.1, -0.05) is 30.3 Å². The van der Waals surface area contributed by atoms with Gasteiger partial charge in [-0.25, -0.2) is 4.79 Å². The van der Waals surface area contributed by atoms with Gasteiger partial charge >= 0.3 is 11.9 Å². The second-order valence-electron chi connectivity index (χ2n) is 5.75. The summed E-state index contributed by atoms with van der Waals surface area (Å²) in [6.07, 6.45) is 0.922. The van der Waals surface area contributed by atoms with E-state index in [-0.39, 0.29) is 12.6 Å². The zero-order valence-electron chi connectivity index (χ0n) is 15.1. The highest BCUT2D eigenvalue weighted by molar-refractivity contribution is 5.87. The average Bonchev–Trinajstić information content (AvgIpc) is 3.03. The molecule has 2 rings (SSSR count). The van der Waals surface area contributed by atoms with Crippen LogP contribution in [0.3, 0.4) is 0 Å². The molecule has 0 radical (unpaired) electrons. The van der Waals surface area contributed by atoms with Gasteiger partial charge in [-0.05, 0) is 25.0 Å². The van der Waals surface area contributed by atoms with E-state index < -0.39 is 5.97 Å². The minimum absolute atomic E-state index is 0.216. The highest BCUT2D eigenvalue weighted by Crippen LogP contribution is 2.09. The molecule has 0 atom stereocenters. The molecular formula is C19H24N2O5. The van der Waals surface area contributed by atoms with Crippen LogP contribution in [0, 0.1) is 6.92 Å². The summed E-state index contributed by atoms with van der Waals surface area (Å²) in [6, 6.07) is 11.2. The van der Waals surface area contributed by atoms with Gasteiger partial charge in [0.15, 0.2) is 0 Å². The summed E-state index contributed by atoms with van der Waals surface area (Å²) in [7, 11) is 1.36. The molecule has 0 aliphatic heterocycles. The quantitative estimate of drug-likeness (QED) is 0.478. The summed E-state index contributed by atoms with van der Waals surface area (Å²) in [5.41, 5.74) is 2.07. The molecule has 140 valence electrons. The van der Waals surface area contributed by atoms with Gasteiger partial charge in [-0.3, -0.25) is 9.48 Å². The lowest BCUT2D eigenvalue weighted by molar-refractivity contribution is -0.141. The SMILES string of the molecule is COC(=O)CCCOCCn1nc(C)cc1C(=O)OCc1ccccc1. The molecule has 2 aromatic rings. The summed E-state index contributed by atoms with van der Waals surface area (Å²) in [5.74, 6) is -0.667. The summed E-state index contributed by atoms with van der Waals surface area (Å²) in [6.45, 7) is 3.31. The molecular weight excluding hydrogens is 336 g/mol. The van der Waals surface area contributed by atoms with Crippen LogP contribution >= 0.6 is 0 Å². The predicted octanol–water partition coefficient (Wildman–Crippen LogP) is 2.52. The third kappa shape index (κ3) is 6.33. The third-order valence-electron chi connectivity index (χ3n) is 3.67. The monoisotopic (exact) mass is 360 g/mol. The number of aryl methyl sites for hydroxylation is 1. The first kappa shape index (κ1) is 19.7. The molecule has 1 aromatic heterocycles. The second kappa shape index (κ2) is 10.4. The third-order valence-corrected chi connectivity index (χ3v) is 3.67. The molecule has 0 saturated carbocycles. The molecule has 1 aromatic carbocycles. The van der Waals surface area contributed by atoms with Crippen molar-refractivity contribution >= 4 is 11.9 Å². The van der Waals surface area contributed by atoms with E-state index >= 15 is 0 Å². The number of ether oxygens (including phenoxy) is 3. The van der Waals surface area contributed by atoms with E-state index in [2.05, 4.69) is 9.84 Å². The van der Waals surface area contributed by atoms with Crippen LogP contribution in [0.15, 0.2) is 36.4 Å². The Hall–Kier alpha value is -2.67. The summed E-state index contributed by atoms with van der Waals surface area (Å²) in [5, 5.41) is 4.31. The van der Waals surface area contributed by atoms with Crippen molar-refractivity contribution in [1.29, 1.82) is 0 Å². The smallest absolute Gasteiger partial charge is 0.356 e. The minimum Gasteiger partial charge on any atom is -0.469 e. The van der Waals surface area contributed by atoms with E-state index in [0.29, 0.717) is 38.3 Å². The minimum atomic E-state index is -0.417. The first-order valence-corrected chi connectivity index (χ1v) is 8.50. The van der Waals surface area contributed by atoms with E-state index in [1.54, 1.807) is 10.7 Å². The lowest BCUT2D eigenvalue weighted by Crippen LogP contribution is -2.16. The first-order valence-electron chi connectivity index (χ1n) is 8.50. The van der Waals surface area contributed by atoms with Gasteiger partial charge in [0.25, 0.3) is 0 Å². The van der Waals surface area contributed by atoms with Crippen LogP contribution in [0.25, 0.3) is 0 Å². The van der Waals surface area contributed by atoms with Crippen LogP contribution < -0.4 is 0 Å². The molecule has 0 aliphatic carbocycles. The van der Waals surface area contributed by atoms with Crippen molar-refractivity contribution in [3.05, 3.63) is 53.3 Å². The van der Waals surface area contributed by atoms with Crippen LogP contribution in [0.2, 0.25) is 0 Å². The van der Waals surface area contributed by atoms with Crippen LogP contribution in [-0.4, -0.2) is 42.0 Å². The van der Waals surface area contributed by atoms with E-state index in [0.717, 1.165) is 11.3 Å². The number of benzene rings is 1. The fraction of sp³-hybridized carbons (Fsp3) is 0.421. The Morgan fingerprint density at radius 1 is 1.15 bits per heavy atom. The summed E-state index contributed by atoms with van der Waals surface area (Å²) >= 11 is 0. The molecule has 0 amide bonds. The van der Waals surface area contributed by atoms with Crippen LogP contribution in [0.4, 0.5) is 0 Å². The van der Waals surface area contributed by atoms with Crippen molar-refractivity contribution in [1.82, 2.24) is 9.78 Å². The number of hydrogen-bond acceptors (Lipinski definition) is 6. The van der Waals surface area contributed by atoms with Crippen molar-refractivity contribution in [2.75, 3.05) is 20.3 Å². The Kier molecular flexibility index (Phi) is 7.82. The maximum atomic E-state index is 12.3. The Bertz CT molecular complexity index is 712. The maximum Gasteiger partial charge on any atom is 0.356 e. The highest BCUT2D eigenvalue weighted by atomic mass is 16.5. The number of aromatic nitrogens is 2. The predicted molar refractivity (Wildman–Crippen MR) is 94.6 cm³/mol. The zero-order valence-corrected chi connectivity index (χ0v) is 15.1. The topological polar surface area (TPSA) is 79.7 Å². The van der Waals surface area contributed by atoms with Gasteiger partial charge in [0.1, 0.15) is 12.3 Å². The van der Waals surface area contributed by atoms with Crippen LogP contribution in [0.5, 0.6) is 0 Å². The Morgan fingerprint density at radius 2 is 1.92 bits per heavy atom. The molecule has 1 heterocycles. The van der Waals surface area contributed by atoms with Gasteiger partial charge in [0.05, 0.1) is 26.0 Å².